The van der Waals surface area contributed by atoms with E-state index in [1.807, 2.05) is 30.9 Å². The molecule has 1 aromatic heterocycles. The van der Waals surface area contributed by atoms with Gasteiger partial charge in [-0.05, 0) is 24.0 Å². The summed E-state index contributed by atoms with van der Waals surface area (Å²) in [5.74, 6) is -0.122. The summed E-state index contributed by atoms with van der Waals surface area (Å²) in [5, 5.41) is 5.04. The number of aromatic nitrogens is 1. The van der Waals surface area contributed by atoms with Gasteiger partial charge in [0.15, 0.2) is 0 Å². The number of ether oxygens (including phenoxy) is 2. The lowest BCUT2D eigenvalue weighted by Crippen LogP contribution is -2.52. The number of carbonyl (C=O) groups excluding carboxylic acids is 2. The van der Waals surface area contributed by atoms with Crippen molar-refractivity contribution in [2.75, 3.05) is 33.4 Å². The number of nitrogens with zero attached hydrogens (tertiary/aromatic N) is 2. The van der Waals surface area contributed by atoms with E-state index in [4.69, 9.17) is 9.47 Å². The highest BCUT2D eigenvalue weighted by Crippen LogP contribution is 2.52. The van der Waals surface area contributed by atoms with Gasteiger partial charge in [0.1, 0.15) is 5.69 Å². The maximum absolute atomic E-state index is 12.9. The van der Waals surface area contributed by atoms with Crippen molar-refractivity contribution in [3.05, 3.63) is 52.0 Å². The zero-order chi connectivity index (χ0) is 22.7. The van der Waals surface area contributed by atoms with Gasteiger partial charge < -0.3 is 19.7 Å². The van der Waals surface area contributed by atoms with Gasteiger partial charge in [-0.25, -0.2) is 4.98 Å². The molecule has 2 heterocycles. The van der Waals surface area contributed by atoms with Crippen molar-refractivity contribution in [3.8, 4) is 0 Å². The predicted molar refractivity (Wildman–Crippen MR) is 123 cm³/mol. The summed E-state index contributed by atoms with van der Waals surface area (Å²) < 4.78 is 11.7. The van der Waals surface area contributed by atoms with Gasteiger partial charge in [0, 0.05) is 36.9 Å². The van der Waals surface area contributed by atoms with E-state index in [9.17, 15) is 9.59 Å². The fourth-order valence-corrected chi connectivity index (χ4v) is 5.51. The summed E-state index contributed by atoms with van der Waals surface area (Å²) in [6.45, 7) is 5.98. The monoisotopic (exact) mass is 457 g/mol. The number of methoxy groups -OCH3 is 1. The van der Waals surface area contributed by atoms with Crippen molar-refractivity contribution in [2.45, 2.75) is 44.2 Å². The maximum atomic E-state index is 12.9. The van der Waals surface area contributed by atoms with Crippen molar-refractivity contribution in [2.24, 2.45) is 5.92 Å². The van der Waals surface area contributed by atoms with E-state index in [2.05, 4.69) is 22.4 Å². The molecule has 1 aliphatic heterocycles. The second-order valence-corrected chi connectivity index (χ2v) is 9.55. The Bertz CT molecular complexity index is 938. The number of fused-ring (bicyclic) bond motifs is 2. The van der Waals surface area contributed by atoms with E-state index in [0.717, 1.165) is 18.4 Å². The molecule has 1 aliphatic carbocycles. The summed E-state index contributed by atoms with van der Waals surface area (Å²) in [7, 11) is 1.66. The lowest BCUT2D eigenvalue weighted by Gasteiger charge is -2.44. The third-order valence-electron chi connectivity index (χ3n) is 6.68. The highest BCUT2D eigenvalue weighted by atomic mass is 32.1. The van der Waals surface area contributed by atoms with Crippen LogP contribution < -0.4 is 5.32 Å². The molecule has 1 fully saturated rings. The Labute approximate surface area is 193 Å². The molecule has 1 aromatic carbocycles. The number of likely N-dealkylation sites (tertiary alicyclic amines) is 1. The smallest absolute Gasteiger partial charge is 0.273 e. The average Bonchev–Trinajstić information content (AvgIpc) is 3.42. The van der Waals surface area contributed by atoms with Crippen molar-refractivity contribution in [1.82, 2.24) is 15.2 Å². The van der Waals surface area contributed by atoms with Gasteiger partial charge in [-0.1, -0.05) is 38.1 Å². The molecule has 172 valence electrons. The van der Waals surface area contributed by atoms with Crippen molar-refractivity contribution in [1.29, 1.82) is 0 Å². The van der Waals surface area contributed by atoms with Crippen LogP contribution in [0.2, 0.25) is 0 Å². The van der Waals surface area contributed by atoms with Gasteiger partial charge in [0.2, 0.25) is 5.91 Å². The van der Waals surface area contributed by atoms with Crippen LogP contribution in [0, 0.1) is 5.92 Å². The number of hydrogen-bond acceptors (Lipinski definition) is 6. The molecule has 0 bridgehead atoms. The molecule has 0 saturated carbocycles. The van der Waals surface area contributed by atoms with Crippen LogP contribution in [-0.4, -0.2) is 61.2 Å². The van der Waals surface area contributed by atoms with Crippen LogP contribution in [0.3, 0.4) is 0 Å². The number of amides is 2. The normalized spacial score (nSPS) is 21.7. The fraction of sp³-hybridized carbons (Fsp3) is 0.542. The molecule has 1 N–H and O–H groups in total. The molecule has 8 heteroatoms. The van der Waals surface area contributed by atoms with E-state index >= 15 is 0 Å². The Balaban J connectivity index is 1.63. The lowest BCUT2D eigenvalue weighted by molar-refractivity contribution is -0.127. The van der Waals surface area contributed by atoms with Crippen LogP contribution in [0.4, 0.5) is 0 Å². The highest BCUT2D eigenvalue weighted by Gasteiger charge is 2.54. The number of nitrogens with one attached hydrogen (secondary N) is 1. The summed E-state index contributed by atoms with van der Waals surface area (Å²) in [4.78, 5) is 31.6. The first-order valence-electron chi connectivity index (χ1n) is 11.2. The van der Waals surface area contributed by atoms with Crippen molar-refractivity contribution >= 4 is 23.2 Å². The standard InChI is InChI=1S/C24H31N3O4S/c1-16(2)22(28)26-20-17-6-4-5-7-18(17)24(21(20)31-13-12-30-3)8-10-27(11-9-24)23(29)19-14-32-15-25-19/h4-7,14-16,20-21H,8-13H2,1-3H3,(H,26,28)/t20-,21+/m1/s1. The molecular weight excluding hydrogens is 426 g/mol. The van der Waals surface area contributed by atoms with Gasteiger partial charge >= 0.3 is 0 Å². The Morgan fingerprint density at radius 3 is 2.66 bits per heavy atom. The molecular formula is C24H31N3O4S. The molecule has 4 rings (SSSR count). The molecule has 7 nitrogen and oxygen atoms in total. The quantitative estimate of drug-likeness (QED) is 0.646. The Morgan fingerprint density at radius 1 is 1.25 bits per heavy atom. The average molecular weight is 458 g/mol. The van der Waals surface area contributed by atoms with Crippen molar-refractivity contribution in [3.63, 3.8) is 0 Å². The summed E-state index contributed by atoms with van der Waals surface area (Å²) in [6.07, 6.45) is 1.33. The molecule has 2 aromatic rings. The Hall–Kier alpha value is -2.29. The van der Waals surface area contributed by atoms with Crippen LogP contribution in [0.15, 0.2) is 35.2 Å². The predicted octanol–water partition coefficient (Wildman–Crippen LogP) is 3.18. The zero-order valence-corrected chi connectivity index (χ0v) is 19.7. The van der Waals surface area contributed by atoms with E-state index in [-0.39, 0.29) is 35.3 Å². The number of piperidine rings is 1. The lowest BCUT2D eigenvalue weighted by atomic mass is 9.71. The minimum atomic E-state index is -0.266. The van der Waals surface area contributed by atoms with E-state index in [1.54, 1.807) is 18.0 Å². The largest absolute Gasteiger partial charge is 0.382 e. The second kappa shape index (κ2) is 9.68. The minimum absolute atomic E-state index is 0.0124. The first-order chi connectivity index (χ1) is 15.5. The molecule has 2 atom stereocenters. The maximum Gasteiger partial charge on any atom is 0.273 e. The molecule has 1 spiro atoms. The zero-order valence-electron chi connectivity index (χ0n) is 18.9. The van der Waals surface area contributed by atoms with Gasteiger partial charge in [0.25, 0.3) is 5.91 Å². The Morgan fingerprint density at radius 2 is 2.00 bits per heavy atom. The van der Waals surface area contributed by atoms with Crippen LogP contribution in [0.1, 0.15) is 54.3 Å². The molecule has 1 saturated heterocycles. The van der Waals surface area contributed by atoms with Gasteiger partial charge in [-0.3, -0.25) is 9.59 Å². The van der Waals surface area contributed by atoms with Gasteiger partial charge in [0.05, 0.1) is 30.9 Å². The molecule has 0 radical (unpaired) electrons. The third kappa shape index (κ3) is 4.19. The first kappa shape index (κ1) is 22.9. The van der Waals surface area contributed by atoms with E-state index in [1.165, 1.54) is 16.9 Å². The summed E-state index contributed by atoms with van der Waals surface area (Å²) in [5.41, 5.74) is 4.26. The second-order valence-electron chi connectivity index (χ2n) is 8.83. The number of hydrogen-bond donors (Lipinski definition) is 1. The van der Waals surface area contributed by atoms with Gasteiger partial charge in [-0.15, -0.1) is 11.3 Å². The Kier molecular flexibility index (Phi) is 6.93. The SMILES string of the molecule is COCCO[C@H]1[C@H](NC(=O)C(C)C)c2ccccc2C12CCN(C(=O)c1cscn1)CC2. The van der Waals surface area contributed by atoms with Gasteiger partial charge in [-0.2, -0.15) is 0 Å². The third-order valence-corrected chi connectivity index (χ3v) is 7.27. The summed E-state index contributed by atoms with van der Waals surface area (Å²) >= 11 is 1.43. The minimum Gasteiger partial charge on any atom is -0.382 e. The van der Waals surface area contributed by atoms with E-state index < -0.39 is 0 Å². The molecule has 0 unspecified atom stereocenters. The van der Waals surface area contributed by atoms with Crippen LogP contribution in [0.25, 0.3) is 0 Å². The molecule has 2 amide bonds. The van der Waals surface area contributed by atoms with Crippen LogP contribution in [-0.2, 0) is 19.7 Å². The number of thiazole rings is 1. The summed E-state index contributed by atoms with van der Waals surface area (Å²) in [6, 6.07) is 8.08. The fourth-order valence-electron chi connectivity index (χ4n) is 4.99. The van der Waals surface area contributed by atoms with E-state index in [0.29, 0.717) is 32.0 Å². The van der Waals surface area contributed by atoms with Crippen LogP contribution in [0.5, 0.6) is 0 Å². The molecule has 32 heavy (non-hydrogen) atoms. The number of benzene rings is 1. The number of rotatable bonds is 7. The first-order valence-corrected chi connectivity index (χ1v) is 12.1. The highest BCUT2D eigenvalue weighted by molar-refractivity contribution is 7.07. The topological polar surface area (TPSA) is 80.8 Å². The van der Waals surface area contributed by atoms with Crippen molar-refractivity contribution < 1.29 is 19.1 Å². The molecule has 2 aliphatic rings. The number of carbonyl (C=O) groups is 2. The van der Waals surface area contributed by atoms with Crippen LogP contribution >= 0.6 is 11.3 Å².